The van der Waals surface area contributed by atoms with Crippen LogP contribution in [0.5, 0.6) is 0 Å². The Morgan fingerprint density at radius 3 is 3.11 bits per heavy atom. The average Bonchev–Trinajstić information content (AvgIpc) is 2.97. The van der Waals surface area contributed by atoms with Gasteiger partial charge in [-0.15, -0.1) is 0 Å². The molecule has 2 aromatic rings. The molecule has 0 spiro atoms. The number of sulfonamides is 1. The van der Waals surface area contributed by atoms with Crippen LogP contribution in [0, 0.1) is 0 Å². The molecule has 1 aliphatic carbocycles. The smallest absolute Gasteiger partial charge is 0.244 e. The lowest BCUT2D eigenvalue weighted by Gasteiger charge is -2.22. The van der Waals surface area contributed by atoms with Gasteiger partial charge in [0, 0.05) is 25.2 Å². The van der Waals surface area contributed by atoms with Crippen LogP contribution >= 0.6 is 0 Å². The van der Waals surface area contributed by atoms with Crippen molar-refractivity contribution in [2.75, 3.05) is 0 Å². The molecular weight excluding hydrogens is 266 g/mol. The van der Waals surface area contributed by atoms with Gasteiger partial charge in [-0.1, -0.05) is 0 Å². The van der Waals surface area contributed by atoms with Gasteiger partial charge >= 0.3 is 0 Å². The van der Waals surface area contributed by atoms with E-state index in [9.17, 15) is 8.42 Å². The van der Waals surface area contributed by atoms with Crippen molar-refractivity contribution in [3.05, 3.63) is 36.0 Å². The zero-order chi connectivity index (χ0) is 13.5. The van der Waals surface area contributed by atoms with Gasteiger partial charge in [-0.3, -0.25) is 4.68 Å². The number of hydrogen-bond acceptors (Lipinski definition) is 4. The molecule has 1 atom stereocenters. The molecule has 0 fully saturated rings. The van der Waals surface area contributed by atoms with Gasteiger partial charge < -0.3 is 4.42 Å². The highest BCUT2D eigenvalue weighted by Crippen LogP contribution is 2.31. The summed E-state index contributed by atoms with van der Waals surface area (Å²) in [6, 6.07) is 1.62. The van der Waals surface area contributed by atoms with E-state index >= 15 is 0 Å². The Bertz CT molecular complexity index is 687. The fourth-order valence-electron chi connectivity index (χ4n) is 2.40. The Kier molecular flexibility index (Phi) is 2.94. The molecule has 0 unspecified atom stereocenters. The third kappa shape index (κ3) is 2.31. The largest absolute Gasteiger partial charge is 0.469 e. The van der Waals surface area contributed by atoms with Gasteiger partial charge in [-0.25, -0.2) is 13.1 Å². The highest BCUT2D eigenvalue weighted by Gasteiger charge is 2.27. The van der Waals surface area contributed by atoms with Gasteiger partial charge in [0.15, 0.2) is 0 Å². The molecule has 0 radical (unpaired) electrons. The molecule has 0 aliphatic heterocycles. The van der Waals surface area contributed by atoms with Crippen LogP contribution in [0.15, 0.2) is 34.0 Å². The molecule has 0 bridgehead atoms. The van der Waals surface area contributed by atoms with Crippen LogP contribution < -0.4 is 4.72 Å². The molecule has 3 rings (SSSR count). The van der Waals surface area contributed by atoms with E-state index in [-0.39, 0.29) is 10.9 Å². The van der Waals surface area contributed by atoms with Gasteiger partial charge in [0.05, 0.1) is 18.5 Å². The Morgan fingerprint density at radius 2 is 2.37 bits per heavy atom. The molecule has 1 N–H and O–H groups in total. The summed E-state index contributed by atoms with van der Waals surface area (Å²) >= 11 is 0. The Morgan fingerprint density at radius 1 is 1.53 bits per heavy atom. The minimum absolute atomic E-state index is 0.186. The minimum atomic E-state index is -3.53. The van der Waals surface area contributed by atoms with E-state index in [1.54, 1.807) is 13.3 Å². The first-order valence-electron chi connectivity index (χ1n) is 6.13. The Labute approximate surface area is 111 Å². The highest BCUT2D eigenvalue weighted by atomic mass is 32.2. The summed E-state index contributed by atoms with van der Waals surface area (Å²) in [6.07, 6.45) is 7.02. The summed E-state index contributed by atoms with van der Waals surface area (Å²) in [5.41, 5.74) is 0.943. The summed E-state index contributed by atoms with van der Waals surface area (Å²) in [4.78, 5) is 0.186. The maximum absolute atomic E-state index is 12.3. The number of furan rings is 1. The second kappa shape index (κ2) is 4.50. The quantitative estimate of drug-likeness (QED) is 0.921. The summed E-state index contributed by atoms with van der Waals surface area (Å²) in [6.45, 7) is 0. The first kappa shape index (κ1) is 12.4. The molecular formula is C12H15N3O3S. The van der Waals surface area contributed by atoms with Crippen molar-refractivity contribution in [1.29, 1.82) is 0 Å². The minimum Gasteiger partial charge on any atom is -0.469 e. The van der Waals surface area contributed by atoms with Crippen molar-refractivity contribution >= 4 is 10.0 Å². The lowest BCUT2D eigenvalue weighted by atomic mass is 9.94. The van der Waals surface area contributed by atoms with E-state index in [0.717, 1.165) is 30.6 Å². The molecule has 0 saturated heterocycles. The fraction of sp³-hybridized carbons (Fsp3) is 0.417. The van der Waals surface area contributed by atoms with Crippen LogP contribution in [0.4, 0.5) is 0 Å². The molecule has 0 amide bonds. The topological polar surface area (TPSA) is 77.1 Å². The summed E-state index contributed by atoms with van der Waals surface area (Å²) in [5, 5.41) is 3.89. The number of nitrogens with one attached hydrogen (secondary N) is 1. The highest BCUT2D eigenvalue weighted by molar-refractivity contribution is 7.89. The third-order valence-electron chi connectivity index (χ3n) is 3.34. The van der Waals surface area contributed by atoms with Crippen LogP contribution in [0.25, 0.3) is 0 Å². The van der Waals surface area contributed by atoms with Crippen LogP contribution in [-0.2, 0) is 23.5 Å². The van der Waals surface area contributed by atoms with Gasteiger partial charge in [0.2, 0.25) is 10.0 Å². The van der Waals surface area contributed by atoms with E-state index < -0.39 is 10.0 Å². The van der Waals surface area contributed by atoms with Gasteiger partial charge in [-0.05, 0) is 18.9 Å². The summed E-state index contributed by atoms with van der Waals surface area (Å²) in [5.74, 6) is 0.880. The van der Waals surface area contributed by atoms with Crippen LogP contribution in [0.2, 0.25) is 0 Å². The first-order chi connectivity index (χ1) is 9.06. The average molecular weight is 281 g/mol. The molecule has 6 nitrogen and oxygen atoms in total. The van der Waals surface area contributed by atoms with Crippen molar-refractivity contribution < 1.29 is 12.8 Å². The molecule has 1 aliphatic rings. The maximum Gasteiger partial charge on any atom is 0.244 e. The summed E-state index contributed by atoms with van der Waals surface area (Å²) < 4.78 is 34.1. The zero-order valence-corrected chi connectivity index (χ0v) is 11.4. The van der Waals surface area contributed by atoms with Crippen LogP contribution in [0.1, 0.15) is 30.2 Å². The van der Waals surface area contributed by atoms with E-state index in [1.165, 1.54) is 17.1 Å². The molecule has 0 aromatic carbocycles. The number of aromatic nitrogens is 2. The van der Waals surface area contributed by atoms with E-state index in [4.69, 9.17) is 4.42 Å². The number of fused-ring (bicyclic) bond motifs is 1. The van der Waals surface area contributed by atoms with Crippen molar-refractivity contribution in [2.45, 2.75) is 30.2 Å². The third-order valence-corrected chi connectivity index (χ3v) is 4.77. The zero-order valence-electron chi connectivity index (χ0n) is 10.5. The second-order valence-corrected chi connectivity index (χ2v) is 6.43. The first-order valence-corrected chi connectivity index (χ1v) is 7.62. The predicted molar refractivity (Wildman–Crippen MR) is 67.9 cm³/mol. The lowest BCUT2D eigenvalue weighted by Crippen LogP contribution is -2.30. The summed E-state index contributed by atoms with van der Waals surface area (Å²) in [7, 11) is -1.85. The predicted octanol–water partition coefficient (Wildman–Crippen LogP) is 1.37. The maximum atomic E-state index is 12.3. The second-order valence-electron chi connectivity index (χ2n) is 4.71. The monoisotopic (exact) mass is 281 g/mol. The molecule has 2 heterocycles. The number of aryl methyl sites for hydroxylation is 2. The van der Waals surface area contributed by atoms with Gasteiger partial charge in [0.1, 0.15) is 10.7 Å². The van der Waals surface area contributed by atoms with E-state index in [1.807, 2.05) is 6.07 Å². The van der Waals surface area contributed by atoms with E-state index in [0.29, 0.717) is 0 Å². The standard InChI is InChI=1S/C12H15N3O3S/c1-15-8-9(7-13-15)19(16,17)14-11-3-2-4-12-10(11)5-6-18-12/h5-8,11,14H,2-4H2,1H3/t11-/m1/s1. The Balaban J connectivity index is 1.87. The van der Waals surface area contributed by atoms with Crippen LogP contribution in [-0.4, -0.2) is 18.2 Å². The molecule has 19 heavy (non-hydrogen) atoms. The molecule has 2 aromatic heterocycles. The van der Waals surface area contributed by atoms with E-state index in [2.05, 4.69) is 9.82 Å². The molecule has 102 valence electrons. The number of rotatable bonds is 3. The van der Waals surface area contributed by atoms with Gasteiger partial charge in [0.25, 0.3) is 0 Å². The van der Waals surface area contributed by atoms with Crippen molar-refractivity contribution in [1.82, 2.24) is 14.5 Å². The Hall–Kier alpha value is -1.60. The number of nitrogens with zero attached hydrogens (tertiary/aromatic N) is 2. The van der Waals surface area contributed by atoms with Crippen LogP contribution in [0.3, 0.4) is 0 Å². The molecule has 0 saturated carbocycles. The van der Waals surface area contributed by atoms with Crippen molar-refractivity contribution in [3.63, 3.8) is 0 Å². The van der Waals surface area contributed by atoms with Crippen molar-refractivity contribution in [3.8, 4) is 0 Å². The lowest BCUT2D eigenvalue weighted by molar-refractivity contribution is 0.438. The fourth-order valence-corrected chi connectivity index (χ4v) is 3.63. The SMILES string of the molecule is Cn1cc(S(=O)(=O)N[C@@H]2CCCc3occc32)cn1. The number of hydrogen-bond donors (Lipinski definition) is 1. The molecule has 7 heteroatoms. The van der Waals surface area contributed by atoms with Gasteiger partial charge in [-0.2, -0.15) is 5.10 Å². The normalized spacial score (nSPS) is 19.3. The van der Waals surface area contributed by atoms with Crippen molar-refractivity contribution in [2.24, 2.45) is 7.05 Å².